The minimum Gasteiger partial charge on any atom is -0.364 e. The maximum absolute atomic E-state index is 2.55. The predicted molar refractivity (Wildman–Crippen MR) is 107 cm³/mol. The lowest BCUT2D eigenvalue weighted by molar-refractivity contribution is 0.589. The first-order valence-electron chi connectivity index (χ1n) is 9.03. The van der Waals surface area contributed by atoms with E-state index < -0.39 is 0 Å². The molecule has 0 bridgehead atoms. The molecule has 1 nitrogen and oxygen atoms in total. The van der Waals surface area contributed by atoms with Crippen LogP contribution >= 0.6 is 0 Å². The molecule has 25 heavy (non-hydrogen) atoms. The van der Waals surface area contributed by atoms with Crippen LogP contribution in [0.5, 0.6) is 0 Å². The largest absolute Gasteiger partial charge is 0.364 e. The molecule has 0 spiro atoms. The minimum atomic E-state index is 0.396. The van der Waals surface area contributed by atoms with Gasteiger partial charge in [-0.3, -0.25) is 0 Å². The quantitative estimate of drug-likeness (QED) is 0.578. The number of nitrogens with zero attached hydrogens (tertiary/aromatic N) is 1. The van der Waals surface area contributed by atoms with Gasteiger partial charge in [-0.25, -0.2) is 0 Å². The normalized spacial score (nSPS) is 16.8. The molecule has 0 radical (unpaired) electrons. The highest BCUT2D eigenvalue weighted by Gasteiger charge is 2.26. The summed E-state index contributed by atoms with van der Waals surface area (Å²) in [5.74, 6) is 0. The lowest BCUT2D eigenvalue weighted by Gasteiger charge is -2.38. The Kier molecular flexibility index (Phi) is 4.65. The van der Waals surface area contributed by atoms with E-state index in [1.807, 2.05) is 0 Å². The maximum Gasteiger partial charge on any atom is 0.0579 e. The van der Waals surface area contributed by atoms with Crippen molar-refractivity contribution >= 4 is 11.8 Å². The Balaban J connectivity index is 1.63. The van der Waals surface area contributed by atoms with E-state index in [0.29, 0.717) is 6.04 Å². The van der Waals surface area contributed by atoms with Crippen molar-refractivity contribution in [2.45, 2.75) is 18.9 Å². The molecule has 1 heteroatoms. The molecule has 1 unspecified atom stereocenters. The summed E-state index contributed by atoms with van der Waals surface area (Å²) in [6.45, 7) is 1.07. The Labute approximate surface area is 150 Å². The van der Waals surface area contributed by atoms with Crippen molar-refractivity contribution < 1.29 is 0 Å². The number of anilines is 1. The van der Waals surface area contributed by atoms with Gasteiger partial charge in [0.25, 0.3) is 0 Å². The van der Waals surface area contributed by atoms with Gasteiger partial charge in [0, 0.05) is 12.2 Å². The summed E-state index contributed by atoms with van der Waals surface area (Å²) in [4.78, 5) is 2.55. The van der Waals surface area contributed by atoms with E-state index in [9.17, 15) is 0 Å². The Morgan fingerprint density at radius 3 is 2.28 bits per heavy atom. The second-order valence-corrected chi connectivity index (χ2v) is 6.54. The van der Waals surface area contributed by atoms with Gasteiger partial charge in [-0.2, -0.15) is 0 Å². The van der Waals surface area contributed by atoms with E-state index in [2.05, 4.69) is 102 Å². The fourth-order valence-electron chi connectivity index (χ4n) is 3.73. The monoisotopic (exact) mass is 325 g/mol. The number of para-hydroxylation sites is 1. The van der Waals surface area contributed by atoms with Crippen LogP contribution in [-0.4, -0.2) is 6.54 Å². The molecule has 1 heterocycles. The van der Waals surface area contributed by atoms with Gasteiger partial charge in [-0.05, 0) is 41.7 Å². The van der Waals surface area contributed by atoms with E-state index >= 15 is 0 Å². The van der Waals surface area contributed by atoms with Crippen molar-refractivity contribution in [1.29, 1.82) is 0 Å². The van der Waals surface area contributed by atoms with E-state index in [0.717, 1.165) is 19.4 Å². The smallest absolute Gasteiger partial charge is 0.0579 e. The van der Waals surface area contributed by atoms with Gasteiger partial charge in [0.15, 0.2) is 0 Å². The lowest BCUT2D eigenvalue weighted by Crippen LogP contribution is -2.35. The van der Waals surface area contributed by atoms with E-state index in [-0.39, 0.29) is 0 Å². The van der Waals surface area contributed by atoms with Crippen molar-refractivity contribution in [1.82, 2.24) is 0 Å². The van der Waals surface area contributed by atoms with Crippen molar-refractivity contribution in [2.24, 2.45) is 0 Å². The third kappa shape index (κ3) is 3.51. The first-order chi connectivity index (χ1) is 12.4. The third-order valence-electron chi connectivity index (χ3n) is 4.97. The van der Waals surface area contributed by atoms with Crippen molar-refractivity contribution in [3.8, 4) is 0 Å². The Bertz CT molecular complexity index is 836. The molecule has 1 atom stereocenters. The summed E-state index contributed by atoms with van der Waals surface area (Å²) in [5, 5.41) is 0. The third-order valence-corrected chi connectivity index (χ3v) is 4.97. The van der Waals surface area contributed by atoms with Crippen LogP contribution in [0.4, 0.5) is 5.69 Å². The average Bonchev–Trinajstić information content (AvgIpc) is 2.69. The lowest BCUT2D eigenvalue weighted by atomic mass is 9.90. The fraction of sp³-hybridized carbons (Fsp3) is 0.167. The van der Waals surface area contributed by atoms with Gasteiger partial charge in [0.2, 0.25) is 0 Å². The van der Waals surface area contributed by atoms with E-state index in [1.54, 1.807) is 0 Å². The summed E-state index contributed by atoms with van der Waals surface area (Å²) in [6.07, 6.45) is 6.68. The first-order valence-corrected chi connectivity index (χ1v) is 9.03. The van der Waals surface area contributed by atoms with Gasteiger partial charge in [0.05, 0.1) is 6.04 Å². The maximum atomic E-state index is 2.55. The molecule has 3 aromatic rings. The summed E-state index contributed by atoms with van der Waals surface area (Å²) in [7, 11) is 0. The van der Waals surface area contributed by atoms with Crippen molar-refractivity contribution in [2.75, 3.05) is 11.4 Å². The molecule has 0 aromatic heterocycles. The van der Waals surface area contributed by atoms with Crippen LogP contribution in [0, 0.1) is 0 Å². The molecule has 0 amide bonds. The first kappa shape index (κ1) is 15.7. The van der Waals surface area contributed by atoms with Crippen LogP contribution in [0.3, 0.4) is 0 Å². The zero-order valence-electron chi connectivity index (χ0n) is 14.4. The summed E-state index contributed by atoms with van der Waals surface area (Å²) < 4.78 is 0. The second kappa shape index (κ2) is 7.40. The highest BCUT2D eigenvalue weighted by Crippen LogP contribution is 2.36. The fourth-order valence-corrected chi connectivity index (χ4v) is 3.73. The van der Waals surface area contributed by atoms with Crippen molar-refractivity contribution in [3.05, 3.63) is 108 Å². The Morgan fingerprint density at radius 1 is 0.800 bits per heavy atom. The Morgan fingerprint density at radius 2 is 1.48 bits per heavy atom. The topological polar surface area (TPSA) is 3.24 Å². The van der Waals surface area contributed by atoms with Gasteiger partial charge in [-0.15, -0.1) is 0 Å². The molecule has 1 aliphatic heterocycles. The highest BCUT2D eigenvalue weighted by atomic mass is 15.2. The zero-order valence-corrected chi connectivity index (χ0v) is 14.4. The Hall–Kier alpha value is -2.80. The zero-order chi connectivity index (χ0) is 16.9. The molecule has 0 saturated carbocycles. The molecule has 0 aliphatic carbocycles. The van der Waals surface area contributed by atoms with E-state index in [4.69, 9.17) is 0 Å². The summed E-state index contributed by atoms with van der Waals surface area (Å²) in [5.41, 5.74) is 5.54. The van der Waals surface area contributed by atoms with Gasteiger partial charge in [-0.1, -0.05) is 84.9 Å². The number of rotatable bonds is 4. The number of hydrogen-bond donors (Lipinski definition) is 0. The van der Waals surface area contributed by atoms with Gasteiger partial charge >= 0.3 is 0 Å². The van der Waals surface area contributed by atoms with E-state index in [1.165, 1.54) is 22.4 Å². The number of hydrogen-bond acceptors (Lipinski definition) is 1. The summed E-state index contributed by atoms with van der Waals surface area (Å²) >= 11 is 0. The average molecular weight is 325 g/mol. The van der Waals surface area contributed by atoms with Crippen molar-refractivity contribution in [3.63, 3.8) is 0 Å². The molecule has 0 saturated heterocycles. The summed E-state index contributed by atoms with van der Waals surface area (Å²) in [6, 6.07) is 30.7. The van der Waals surface area contributed by atoms with Crippen LogP contribution in [0.25, 0.3) is 6.08 Å². The minimum absolute atomic E-state index is 0.396. The van der Waals surface area contributed by atoms with Crippen LogP contribution in [0.15, 0.2) is 91.0 Å². The van der Waals surface area contributed by atoms with Gasteiger partial charge in [0.1, 0.15) is 0 Å². The second-order valence-electron chi connectivity index (χ2n) is 6.54. The molecular weight excluding hydrogens is 302 g/mol. The van der Waals surface area contributed by atoms with Gasteiger partial charge < -0.3 is 4.90 Å². The molecular formula is C24H23N. The van der Waals surface area contributed by atoms with Crippen LogP contribution in [0.2, 0.25) is 0 Å². The SMILES string of the molecule is C(=C\c1ccccc1)/CC1c2ccccc2CCN1c1ccccc1. The number of fused-ring (bicyclic) bond motifs is 1. The highest BCUT2D eigenvalue weighted by molar-refractivity contribution is 5.54. The number of benzene rings is 3. The predicted octanol–water partition coefficient (Wildman–Crippen LogP) is 5.89. The molecule has 1 aliphatic rings. The molecule has 3 aromatic carbocycles. The van der Waals surface area contributed by atoms with Crippen LogP contribution < -0.4 is 4.90 Å². The molecule has 0 N–H and O–H groups in total. The molecule has 124 valence electrons. The van der Waals surface area contributed by atoms with Crippen LogP contribution in [-0.2, 0) is 6.42 Å². The molecule has 4 rings (SSSR count). The molecule has 0 fully saturated rings. The van der Waals surface area contributed by atoms with Crippen LogP contribution in [0.1, 0.15) is 29.2 Å². The standard InChI is InChI=1S/C24H23N/c1-3-10-20(11-4-1)12-9-17-24-23-16-8-7-13-21(23)18-19-25(24)22-14-5-2-6-15-22/h1-16,24H,17-19H2/b12-9+.